The number of carbonyl (C=O) groups excluding carboxylic acids is 2. The third-order valence-corrected chi connectivity index (χ3v) is 5.81. The number of hydrogen-bond donors (Lipinski definition) is 1. The fourth-order valence-corrected chi connectivity index (χ4v) is 4.20. The lowest BCUT2D eigenvalue weighted by Gasteiger charge is -2.25. The van der Waals surface area contributed by atoms with Crippen LogP contribution in [0.5, 0.6) is 5.75 Å². The van der Waals surface area contributed by atoms with Gasteiger partial charge in [0.15, 0.2) is 0 Å². The summed E-state index contributed by atoms with van der Waals surface area (Å²) in [5.41, 5.74) is 1.71. The van der Waals surface area contributed by atoms with Crippen LogP contribution in [0.25, 0.3) is 5.76 Å². The largest absolute Gasteiger partial charge is 0.507 e. The first-order valence-electron chi connectivity index (χ1n) is 11.2. The molecule has 1 N–H and O–H groups in total. The number of ketones is 1. The Morgan fingerprint density at radius 3 is 2.59 bits per heavy atom. The molecular formula is C27H28N2O5. The highest BCUT2D eigenvalue weighted by Crippen LogP contribution is 2.41. The molecule has 0 spiro atoms. The first-order valence-corrected chi connectivity index (χ1v) is 11.2. The second kappa shape index (κ2) is 9.17. The van der Waals surface area contributed by atoms with E-state index in [4.69, 9.17) is 9.15 Å². The predicted molar refractivity (Wildman–Crippen MR) is 127 cm³/mol. The van der Waals surface area contributed by atoms with Gasteiger partial charge in [0.25, 0.3) is 11.7 Å². The standard InChI is InChI=1S/C27H28N2O5/c1-5-33-21-11-10-17(14-20(21)27(2,3)4)24(30)22-23(18-8-6-12-28-15-18)29(26(32)25(22)31)16-19-9-7-13-34-19/h6-15,23,30H,5,16H2,1-4H3/b24-22-. The highest BCUT2D eigenvalue weighted by atomic mass is 16.5. The zero-order chi connectivity index (χ0) is 24.5. The first kappa shape index (κ1) is 23.3. The molecule has 1 saturated heterocycles. The molecule has 0 bridgehead atoms. The lowest BCUT2D eigenvalue weighted by atomic mass is 9.84. The van der Waals surface area contributed by atoms with Gasteiger partial charge in [-0.05, 0) is 54.3 Å². The molecule has 7 nitrogen and oxygen atoms in total. The van der Waals surface area contributed by atoms with Crippen LogP contribution in [0.1, 0.15) is 56.2 Å². The molecular weight excluding hydrogens is 432 g/mol. The maximum absolute atomic E-state index is 13.2. The molecule has 1 amide bonds. The summed E-state index contributed by atoms with van der Waals surface area (Å²) in [5, 5.41) is 11.4. The quantitative estimate of drug-likeness (QED) is 0.316. The fourth-order valence-electron chi connectivity index (χ4n) is 4.20. The number of nitrogens with zero attached hydrogens (tertiary/aromatic N) is 2. The maximum atomic E-state index is 13.2. The summed E-state index contributed by atoms with van der Waals surface area (Å²) >= 11 is 0. The third-order valence-electron chi connectivity index (χ3n) is 5.81. The van der Waals surface area contributed by atoms with Gasteiger partial charge < -0.3 is 19.2 Å². The zero-order valence-electron chi connectivity index (χ0n) is 19.7. The van der Waals surface area contributed by atoms with E-state index >= 15 is 0 Å². The lowest BCUT2D eigenvalue weighted by molar-refractivity contribution is -0.140. The van der Waals surface area contributed by atoms with Crippen LogP contribution in [0, 0.1) is 0 Å². The van der Waals surface area contributed by atoms with E-state index in [9.17, 15) is 14.7 Å². The Morgan fingerprint density at radius 1 is 1.18 bits per heavy atom. The second-order valence-corrected chi connectivity index (χ2v) is 9.19. The van der Waals surface area contributed by atoms with Crippen LogP contribution in [-0.4, -0.2) is 33.3 Å². The van der Waals surface area contributed by atoms with E-state index in [0.29, 0.717) is 29.2 Å². The number of hydrogen-bond acceptors (Lipinski definition) is 6. The molecule has 1 aromatic carbocycles. The Kier molecular flexibility index (Phi) is 6.28. The number of aromatic nitrogens is 1. The van der Waals surface area contributed by atoms with Crippen molar-refractivity contribution < 1.29 is 23.8 Å². The van der Waals surface area contributed by atoms with E-state index in [1.165, 1.54) is 11.2 Å². The van der Waals surface area contributed by atoms with Gasteiger partial charge in [-0.1, -0.05) is 26.8 Å². The summed E-state index contributed by atoms with van der Waals surface area (Å²) in [7, 11) is 0. The van der Waals surface area contributed by atoms with E-state index in [-0.39, 0.29) is 23.3 Å². The topological polar surface area (TPSA) is 92.9 Å². The van der Waals surface area contributed by atoms with Crippen LogP contribution >= 0.6 is 0 Å². The van der Waals surface area contributed by atoms with Crippen molar-refractivity contribution in [2.75, 3.05) is 6.61 Å². The van der Waals surface area contributed by atoms with Crippen LogP contribution in [-0.2, 0) is 21.5 Å². The molecule has 7 heteroatoms. The molecule has 2 aromatic heterocycles. The third kappa shape index (κ3) is 4.33. The zero-order valence-corrected chi connectivity index (χ0v) is 19.7. The normalized spacial score (nSPS) is 17.9. The second-order valence-electron chi connectivity index (χ2n) is 9.19. The number of amides is 1. The van der Waals surface area contributed by atoms with E-state index < -0.39 is 17.7 Å². The average molecular weight is 461 g/mol. The molecule has 0 aliphatic carbocycles. The number of Topliss-reactive ketones (excluding diaryl/α,β-unsaturated/α-hetero) is 1. The number of benzene rings is 1. The summed E-state index contributed by atoms with van der Waals surface area (Å²) < 4.78 is 11.2. The highest BCUT2D eigenvalue weighted by molar-refractivity contribution is 6.46. The summed E-state index contributed by atoms with van der Waals surface area (Å²) in [6.07, 6.45) is 4.72. The molecule has 4 rings (SSSR count). The Labute approximate surface area is 198 Å². The van der Waals surface area contributed by atoms with E-state index in [2.05, 4.69) is 4.98 Å². The molecule has 1 unspecified atom stereocenters. The van der Waals surface area contributed by atoms with Gasteiger partial charge in [0, 0.05) is 23.5 Å². The molecule has 0 radical (unpaired) electrons. The number of aliphatic hydroxyl groups excluding tert-OH is 1. The molecule has 176 valence electrons. The Bertz CT molecular complexity index is 1220. The van der Waals surface area contributed by atoms with E-state index in [1.54, 1.807) is 48.8 Å². The van der Waals surface area contributed by atoms with E-state index in [0.717, 1.165) is 5.56 Å². The number of furan rings is 1. The maximum Gasteiger partial charge on any atom is 0.296 e. The summed E-state index contributed by atoms with van der Waals surface area (Å²) in [6, 6.07) is 11.5. The van der Waals surface area contributed by atoms with Crippen molar-refractivity contribution in [3.05, 3.63) is 89.1 Å². The van der Waals surface area contributed by atoms with Gasteiger partial charge in [-0.15, -0.1) is 0 Å². The number of pyridine rings is 1. The first-order chi connectivity index (χ1) is 16.2. The van der Waals surface area contributed by atoms with Crippen LogP contribution in [0.15, 0.2) is 71.1 Å². The molecule has 34 heavy (non-hydrogen) atoms. The van der Waals surface area contributed by atoms with E-state index in [1.807, 2.05) is 33.8 Å². The van der Waals surface area contributed by atoms with Gasteiger partial charge in [-0.3, -0.25) is 14.6 Å². The molecule has 3 heterocycles. The number of likely N-dealkylation sites (tertiary alicyclic amines) is 1. The molecule has 1 aliphatic heterocycles. The van der Waals surface area contributed by atoms with Crippen molar-refractivity contribution in [3.63, 3.8) is 0 Å². The van der Waals surface area contributed by atoms with Crippen molar-refractivity contribution >= 4 is 17.4 Å². The van der Waals surface area contributed by atoms with Gasteiger partial charge in [0.2, 0.25) is 0 Å². The van der Waals surface area contributed by atoms with Gasteiger partial charge in [0.1, 0.15) is 17.3 Å². The minimum atomic E-state index is -0.802. The molecule has 0 saturated carbocycles. The lowest BCUT2D eigenvalue weighted by Crippen LogP contribution is -2.29. The Balaban J connectivity index is 1.87. The molecule has 1 fully saturated rings. The van der Waals surface area contributed by atoms with Gasteiger partial charge >= 0.3 is 0 Å². The number of carbonyl (C=O) groups is 2. The minimum Gasteiger partial charge on any atom is -0.507 e. The van der Waals surface area contributed by atoms with Crippen molar-refractivity contribution in [1.82, 2.24) is 9.88 Å². The SMILES string of the molecule is CCOc1ccc(/C(O)=C2/C(=O)C(=O)N(Cc3ccco3)C2c2cccnc2)cc1C(C)(C)C. The summed E-state index contributed by atoms with van der Waals surface area (Å²) in [4.78, 5) is 31.9. The van der Waals surface area contributed by atoms with Crippen LogP contribution in [0.3, 0.4) is 0 Å². The van der Waals surface area contributed by atoms with Crippen LogP contribution < -0.4 is 4.74 Å². The number of rotatable bonds is 6. The van der Waals surface area contributed by atoms with Gasteiger partial charge in [-0.2, -0.15) is 0 Å². The molecule has 1 atom stereocenters. The summed E-state index contributed by atoms with van der Waals surface area (Å²) in [5.74, 6) is -0.430. The van der Waals surface area contributed by atoms with Crippen molar-refractivity contribution in [1.29, 1.82) is 0 Å². The molecule has 3 aromatic rings. The number of aliphatic hydroxyl groups is 1. The van der Waals surface area contributed by atoms with Crippen molar-refractivity contribution in [2.24, 2.45) is 0 Å². The average Bonchev–Trinajstić information content (AvgIpc) is 3.41. The Morgan fingerprint density at radius 2 is 1.97 bits per heavy atom. The predicted octanol–water partition coefficient (Wildman–Crippen LogP) is 4.99. The highest BCUT2D eigenvalue weighted by Gasteiger charge is 2.46. The fraction of sp³-hybridized carbons (Fsp3) is 0.296. The van der Waals surface area contributed by atoms with Crippen LogP contribution in [0.2, 0.25) is 0 Å². The minimum absolute atomic E-state index is 0.0218. The Hall–Kier alpha value is -3.87. The summed E-state index contributed by atoms with van der Waals surface area (Å²) in [6.45, 7) is 8.65. The number of ether oxygens (including phenoxy) is 1. The smallest absolute Gasteiger partial charge is 0.296 e. The van der Waals surface area contributed by atoms with Crippen LogP contribution in [0.4, 0.5) is 0 Å². The van der Waals surface area contributed by atoms with Gasteiger partial charge in [0.05, 0.1) is 31.0 Å². The van der Waals surface area contributed by atoms with Crippen molar-refractivity contribution in [2.45, 2.75) is 45.7 Å². The van der Waals surface area contributed by atoms with Crippen molar-refractivity contribution in [3.8, 4) is 5.75 Å². The van der Waals surface area contributed by atoms with Gasteiger partial charge in [-0.25, -0.2) is 0 Å². The monoisotopic (exact) mass is 460 g/mol. The molecule has 1 aliphatic rings.